The van der Waals surface area contributed by atoms with Crippen molar-refractivity contribution in [1.29, 1.82) is 0 Å². The third-order valence-corrected chi connectivity index (χ3v) is 3.99. The Kier molecular flexibility index (Phi) is 7.42. The summed E-state index contributed by atoms with van der Waals surface area (Å²) >= 11 is 0. The van der Waals surface area contributed by atoms with Gasteiger partial charge in [0.2, 0.25) is 0 Å². The largest absolute Gasteiger partial charge is 0.370 e. The van der Waals surface area contributed by atoms with Gasteiger partial charge in [-0.15, -0.1) is 24.0 Å². The number of guanidine groups is 1. The van der Waals surface area contributed by atoms with E-state index in [2.05, 4.69) is 28.6 Å². The van der Waals surface area contributed by atoms with Gasteiger partial charge in [-0.05, 0) is 46.0 Å². The predicted octanol–water partition coefficient (Wildman–Crippen LogP) is 2.28. The van der Waals surface area contributed by atoms with E-state index < -0.39 is 0 Å². The second-order valence-corrected chi connectivity index (χ2v) is 5.85. The molecule has 4 nitrogen and oxygen atoms in total. The first-order valence-electron chi connectivity index (χ1n) is 7.49. The molecule has 2 fully saturated rings. The summed E-state index contributed by atoms with van der Waals surface area (Å²) in [6.07, 6.45) is 6.59. The van der Waals surface area contributed by atoms with Crippen LogP contribution in [-0.2, 0) is 0 Å². The molecule has 0 aromatic carbocycles. The highest BCUT2D eigenvalue weighted by atomic mass is 127. The van der Waals surface area contributed by atoms with E-state index in [4.69, 9.17) is 5.73 Å². The Balaban J connectivity index is 0.00000180. The van der Waals surface area contributed by atoms with Crippen LogP contribution in [0.4, 0.5) is 0 Å². The first kappa shape index (κ1) is 17.0. The zero-order valence-electron chi connectivity index (χ0n) is 12.3. The topological polar surface area (TPSA) is 44.9 Å². The molecule has 2 aliphatic rings. The van der Waals surface area contributed by atoms with E-state index in [0.717, 1.165) is 38.2 Å². The number of nitrogens with zero attached hydrogens (tertiary/aromatic N) is 3. The molecule has 0 spiro atoms. The lowest BCUT2D eigenvalue weighted by Gasteiger charge is -2.28. The number of nitrogens with two attached hydrogens (primary N) is 1. The van der Waals surface area contributed by atoms with Crippen LogP contribution in [0.2, 0.25) is 0 Å². The van der Waals surface area contributed by atoms with Crippen LogP contribution in [0.15, 0.2) is 4.99 Å². The van der Waals surface area contributed by atoms with Gasteiger partial charge in [0.15, 0.2) is 5.96 Å². The molecule has 2 N–H and O–H groups in total. The molecule has 0 aromatic rings. The van der Waals surface area contributed by atoms with Gasteiger partial charge in [0, 0.05) is 31.7 Å². The quantitative estimate of drug-likeness (QED) is 0.452. The van der Waals surface area contributed by atoms with Crippen molar-refractivity contribution in [3.8, 4) is 0 Å². The minimum atomic E-state index is 0. The van der Waals surface area contributed by atoms with Crippen molar-refractivity contribution < 1.29 is 0 Å². The lowest BCUT2D eigenvalue weighted by atomic mass is 10.1. The van der Waals surface area contributed by atoms with Crippen molar-refractivity contribution >= 4 is 29.9 Å². The molecule has 2 rings (SSSR count). The van der Waals surface area contributed by atoms with Crippen LogP contribution in [0.1, 0.15) is 46.0 Å². The van der Waals surface area contributed by atoms with Crippen LogP contribution in [0, 0.1) is 0 Å². The summed E-state index contributed by atoms with van der Waals surface area (Å²) in [5, 5.41) is 0. The molecular weight excluding hydrogens is 351 g/mol. The summed E-state index contributed by atoms with van der Waals surface area (Å²) in [4.78, 5) is 9.36. The Hall–Kier alpha value is -0.0400. The van der Waals surface area contributed by atoms with Crippen molar-refractivity contribution in [3.63, 3.8) is 0 Å². The Morgan fingerprint density at radius 1 is 1.26 bits per heavy atom. The molecule has 0 radical (unpaired) electrons. The van der Waals surface area contributed by atoms with Crippen LogP contribution in [0.3, 0.4) is 0 Å². The summed E-state index contributed by atoms with van der Waals surface area (Å²) in [7, 11) is 0. The number of piperidine rings is 1. The SMILES string of the molecule is CC(C)N(CCN=C(N)N1CCCCC1)C1CC1.I. The Bertz CT molecular complexity index is 281. The Morgan fingerprint density at radius 3 is 2.42 bits per heavy atom. The molecule has 112 valence electrons. The minimum Gasteiger partial charge on any atom is -0.370 e. The molecule has 1 saturated carbocycles. The van der Waals surface area contributed by atoms with Gasteiger partial charge in [0.25, 0.3) is 0 Å². The van der Waals surface area contributed by atoms with E-state index in [9.17, 15) is 0 Å². The second-order valence-electron chi connectivity index (χ2n) is 5.85. The number of hydrogen-bond acceptors (Lipinski definition) is 2. The fraction of sp³-hybridized carbons (Fsp3) is 0.929. The van der Waals surface area contributed by atoms with Crippen molar-refractivity contribution in [2.45, 2.75) is 58.0 Å². The van der Waals surface area contributed by atoms with Crippen LogP contribution in [-0.4, -0.2) is 54.0 Å². The zero-order chi connectivity index (χ0) is 13.0. The monoisotopic (exact) mass is 380 g/mol. The van der Waals surface area contributed by atoms with Gasteiger partial charge in [0.05, 0.1) is 6.54 Å². The molecule has 0 atom stereocenters. The van der Waals surface area contributed by atoms with Gasteiger partial charge in [-0.1, -0.05) is 0 Å². The Morgan fingerprint density at radius 2 is 1.89 bits per heavy atom. The number of hydrogen-bond donors (Lipinski definition) is 1. The molecule has 0 amide bonds. The van der Waals surface area contributed by atoms with E-state index in [1.165, 1.54) is 32.1 Å². The minimum absolute atomic E-state index is 0. The van der Waals surface area contributed by atoms with E-state index >= 15 is 0 Å². The fourth-order valence-corrected chi connectivity index (χ4v) is 2.77. The van der Waals surface area contributed by atoms with Gasteiger partial charge in [-0.3, -0.25) is 9.89 Å². The maximum Gasteiger partial charge on any atom is 0.191 e. The molecule has 0 unspecified atom stereocenters. The summed E-state index contributed by atoms with van der Waals surface area (Å²) in [5.41, 5.74) is 6.06. The fourth-order valence-electron chi connectivity index (χ4n) is 2.77. The highest BCUT2D eigenvalue weighted by molar-refractivity contribution is 14.0. The molecule has 1 saturated heterocycles. The summed E-state index contributed by atoms with van der Waals surface area (Å²) in [6.45, 7) is 8.62. The van der Waals surface area contributed by atoms with Crippen LogP contribution in [0.25, 0.3) is 0 Å². The van der Waals surface area contributed by atoms with E-state index in [0.29, 0.717) is 6.04 Å². The van der Waals surface area contributed by atoms with Crippen molar-refractivity contribution in [2.75, 3.05) is 26.2 Å². The van der Waals surface area contributed by atoms with Gasteiger partial charge >= 0.3 is 0 Å². The number of rotatable bonds is 5. The molecule has 1 aliphatic carbocycles. The highest BCUT2D eigenvalue weighted by Gasteiger charge is 2.30. The van der Waals surface area contributed by atoms with E-state index in [1.807, 2.05) is 0 Å². The number of likely N-dealkylation sites (tertiary alicyclic amines) is 1. The van der Waals surface area contributed by atoms with Crippen LogP contribution >= 0.6 is 24.0 Å². The molecule has 0 bridgehead atoms. The lowest BCUT2D eigenvalue weighted by molar-refractivity contribution is 0.217. The molecular formula is C14H29IN4. The predicted molar refractivity (Wildman–Crippen MR) is 92.2 cm³/mol. The first-order chi connectivity index (χ1) is 8.68. The summed E-state index contributed by atoms with van der Waals surface area (Å²) in [5.74, 6) is 0.759. The first-order valence-corrected chi connectivity index (χ1v) is 7.49. The third kappa shape index (κ3) is 5.45. The van der Waals surface area contributed by atoms with Gasteiger partial charge in [-0.25, -0.2) is 0 Å². The van der Waals surface area contributed by atoms with Gasteiger partial charge in [-0.2, -0.15) is 0 Å². The average Bonchev–Trinajstić information content (AvgIpc) is 3.19. The summed E-state index contributed by atoms with van der Waals surface area (Å²) < 4.78 is 0. The molecule has 5 heteroatoms. The molecule has 19 heavy (non-hydrogen) atoms. The van der Waals surface area contributed by atoms with Crippen LogP contribution < -0.4 is 5.73 Å². The average molecular weight is 380 g/mol. The molecule has 0 aromatic heterocycles. The number of aliphatic imine (C=N–C) groups is 1. The van der Waals surface area contributed by atoms with Crippen molar-refractivity contribution in [2.24, 2.45) is 10.7 Å². The highest BCUT2D eigenvalue weighted by Crippen LogP contribution is 2.28. The van der Waals surface area contributed by atoms with Crippen molar-refractivity contribution in [3.05, 3.63) is 0 Å². The van der Waals surface area contributed by atoms with E-state index in [1.54, 1.807) is 0 Å². The van der Waals surface area contributed by atoms with Crippen molar-refractivity contribution in [1.82, 2.24) is 9.80 Å². The second kappa shape index (κ2) is 8.29. The normalized spacial score (nSPS) is 20.8. The maximum atomic E-state index is 6.06. The lowest BCUT2D eigenvalue weighted by Crippen LogP contribution is -2.41. The van der Waals surface area contributed by atoms with Gasteiger partial charge in [0.1, 0.15) is 0 Å². The molecule has 1 aliphatic heterocycles. The van der Waals surface area contributed by atoms with E-state index in [-0.39, 0.29) is 24.0 Å². The van der Waals surface area contributed by atoms with Crippen LogP contribution in [0.5, 0.6) is 0 Å². The molecule has 1 heterocycles. The third-order valence-electron chi connectivity index (χ3n) is 3.99. The summed E-state index contributed by atoms with van der Waals surface area (Å²) in [6, 6.07) is 1.44. The maximum absolute atomic E-state index is 6.06. The Labute approximate surface area is 134 Å². The standard InChI is InChI=1S/C14H28N4.HI/c1-12(2)18(13-6-7-13)11-8-16-14(15)17-9-4-3-5-10-17;/h12-13H,3-11H2,1-2H3,(H2,15,16);1H. The smallest absolute Gasteiger partial charge is 0.191 e. The number of halogens is 1. The van der Waals surface area contributed by atoms with Gasteiger partial charge < -0.3 is 10.6 Å². The zero-order valence-corrected chi connectivity index (χ0v) is 14.7.